The maximum absolute atomic E-state index is 12.1. The number of nitrogens with zero attached hydrogens (tertiary/aromatic N) is 2. The van der Waals surface area contributed by atoms with Crippen LogP contribution in [0.3, 0.4) is 0 Å². The molecule has 28 heavy (non-hydrogen) atoms. The van der Waals surface area contributed by atoms with Gasteiger partial charge in [-0.2, -0.15) is 13.2 Å². The number of hydrogen-bond acceptors (Lipinski definition) is 4. The van der Waals surface area contributed by atoms with Gasteiger partial charge in [0.15, 0.2) is 5.96 Å². The first-order valence-electron chi connectivity index (χ1n) is 9.01. The van der Waals surface area contributed by atoms with Crippen molar-refractivity contribution in [2.45, 2.75) is 39.6 Å². The van der Waals surface area contributed by atoms with Gasteiger partial charge >= 0.3 is 6.18 Å². The lowest BCUT2D eigenvalue weighted by Gasteiger charge is -2.11. The number of alkyl halides is 3. The first-order chi connectivity index (χ1) is 13.4. The van der Waals surface area contributed by atoms with E-state index in [2.05, 4.69) is 25.3 Å². The average molecular weight is 414 g/mol. The quantitative estimate of drug-likeness (QED) is 0.484. The van der Waals surface area contributed by atoms with Gasteiger partial charge in [-0.1, -0.05) is 24.3 Å². The second-order valence-electron chi connectivity index (χ2n) is 6.16. The van der Waals surface area contributed by atoms with E-state index in [1.54, 1.807) is 23.5 Å². The van der Waals surface area contributed by atoms with Crippen molar-refractivity contribution < 1.29 is 17.9 Å². The molecule has 5 nitrogen and oxygen atoms in total. The third-order valence-corrected chi connectivity index (χ3v) is 4.59. The highest BCUT2D eigenvalue weighted by Gasteiger charge is 2.27. The molecule has 0 saturated heterocycles. The van der Waals surface area contributed by atoms with E-state index in [4.69, 9.17) is 0 Å². The summed E-state index contributed by atoms with van der Waals surface area (Å²) >= 11 is 1.69. The molecule has 0 radical (unpaired) electrons. The van der Waals surface area contributed by atoms with Crippen LogP contribution >= 0.6 is 11.3 Å². The molecule has 1 heterocycles. The molecule has 0 unspecified atom stereocenters. The molecule has 2 aromatic rings. The second kappa shape index (κ2) is 11.0. The van der Waals surface area contributed by atoms with Crippen LogP contribution in [0.5, 0.6) is 0 Å². The van der Waals surface area contributed by atoms with Gasteiger partial charge in [0, 0.05) is 30.6 Å². The monoisotopic (exact) mass is 414 g/mol. The van der Waals surface area contributed by atoms with Crippen LogP contribution in [-0.4, -0.2) is 36.8 Å². The third-order valence-electron chi connectivity index (χ3n) is 3.62. The third kappa shape index (κ3) is 8.71. The molecule has 0 saturated carbocycles. The fraction of sp³-hybridized carbons (Fsp3) is 0.474. The van der Waals surface area contributed by atoms with Gasteiger partial charge in [0.2, 0.25) is 0 Å². The van der Waals surface area contributed by atoms with Crippen LogP contribution < -0.4 is 10.6 Å². The minimum atomic E-state index is -4.30. The van der Waals surface area contributed by atoms with Crippen molar-refractivity contribution in [3.63, 3.8) is 0 Å². The van der Waals surface area contributed by atoms with Crippen molar-refractivity contribution in [1.29, 1.82) is 0 Å². The topological polar surface area (TPSA) is 58.5 Å². The number of ether oxygens (including phenoxy) is 1. The molecular formula is C19H25F3N4OS. The normalized spacial score (nSPS) is 12.2. The minimum Gasteiger partial charge on any atom is -0.367 e. The van der Waals surface area contributed by atoms with Crippen molar-refractivity contribution >= 4 is 17.3 Å². The number of halogens is 3. The lowest BCUT2D eigenvalue weighted by molar-refractivity contribution is -0.176. The Labute approximate surface area is 167 Å². The number of rotatable bonds is 9. The number of aliphatic imine (C=N–C) groups is 1. The van der Waals surface area contributed by atoms with Gasteiger partial charge in [0.25, 0.3) is 0 Å². The summed E-state index contributed by atoms with van der Waals surface area (Å²) in [6, 6.07) is 7.20. The fourth-order valence-corrected chi connectivity index (χ4v) is 3.13. The number of nitrogens with one attached hydrogen (secondary N) is 2. The van der Waals surface area contributed by atoms with Gasteiger partial charge in [-0.3, -0.25) is 0 Å². The Hall–Kier alpha value is -2.13. The van der Waals surface area contributed by atoms with E-state index in [9.17, 15) is 13.2 Å². The number of aromatic nitrogens is 1. The number of thiazole rings is 1. The molecule has 154 valence electrons. The highest BCUT2D eigenvalue weighted by atomic mass is 32.1. The molecule has 0 aliphatic heterocycles. The van der Waals surface area contributed by atoms with E-state index in [-0.39, 0.29) is 6.61 Å². The highest BCUT2D eigenvalue weighted by molar-refractivity contribution is 7.11. The van der Waals surface area contributed by atoms with Crippen molar-refractivity contribution in [2.75, 3.05) is 19.7 Å². The lowest BCUT2D eigenvalue weighted by Crippen LogP contribution is -2.38. The summed E-state index contributed by atoms with van der Waals surface area (Å²) in [6.07, 6.45) is -1.60. The maximum atomic E-state index is 12.1. The minimum absolute atomic E-state index is 0.0660. The molecule has 2 rings (SSSR count). The van der Waals surface area contributed by atoms with E-state index in [1.165, 1.54) is 4.88 Å². The summed E-state index contributed by atoms with van der Waals surface area (Å²) < 4.78 is 40.9. The van der Waals surface area contributed by atoms with Crippen molar-refractivity contribution in [3.05, 3.63) is 51.5 Å². The lowest BCUT2D eigenvalue weighted by atomic mass is 10.1. The van der Waals surface area contributed by atoms with Crippen molar-refractivity contribution in [2.24, 2.45) is 4.99 Å². The smallest absolute Gasteiger partial charge is 0.367 e. The predicted octanol–water partition coefficient (Wildman–Crippen LogP) is 3.83. The highest BCUT2D eigenvalue weighted by Crippen LogP contribution is 2.16. The van der Waals surface area contributed by atoms with Crippen molar-refractivity contribution in [1.82, 2.24) is 15.6 Å². The molecular weight excluding hydrogens is 389 g/mol. The summed E-state index contributed by atoms with van der Waals surface area (Å²) in [6.45, 7) is 4.67. The molecule has 0 aliphatic rings. The molecule has 1 aromatic carbocycles. The van der Waals surface area contributed by atoms with Gasteiger partial charge in [-0.05, 0) is 25.0 Å². The van der Waals surface area contributed by atoms with Crippen LogP contribution in [0.2, 0.25) is 0 Å². The zero-order valence-electron chi connectivity index (χ0n) is 16.0. The molecule has 0 fully saturated rings. The van der Waals surface area contributed by atoms with Crippen LogP contribution in [0.4, 0.5) is 13.2 Å². The van der Waals surface area contributed by atoms with Crippen molar-refractivity contribution in [3.8, 4) is 0 Å². The van der Waals surface area contributed by atoms with E-state index in [0.29, 0.717) is 18.1 Å². The van der Waals surface area contributed by atoms with Gasteiger partial charge in [0.1, 0.15) is 6.61 Å². The summed E-state index contributed by atoms with van der Waals surface area (Å²) in [4.78, 5) is 10.1. The Morgan fingerprint density at radius 1 is 1.18 bits per heavy atom. The fourth-order valence-electron chi connectivity index (χ4n) is 2.34. The van der Waals surface area contributed by atoms with Gasteiger partial charge in [-0.25, -0.2) is 9.98 Å². The summed E-state index contributed by atoms with van der Waals surface area (Å²) in [5.74, 6) is 0.716. The Kier molecular flexibility index (Phi) is 8.72. The molecule has 0 aliphatic carbocycles. The van der Waals surface area contributed by atoms with Gasteiger partial charge in [0.05, 0.1) is 18.2 Å². The zero-order valence-corrected chi connectivity index (χ0v) is 16.8. The van der Waals surface area contributed by atoms with E-state index >= 15 is 0 Å². The second-order valence-corrected chi connectivity index (χ2v) is 7.48. The number of hydrogen-bond donors (Lipinski definition) is 2. The first-order valence-corrected chi connectivity index (χ1v) is 9.83. The predicted molar refractivity (Wildman–Crippen MR) is 106 cm³/mol. The Morgan fingerprint density at radius 3 is 2.50 bits per heavy atom. The number of benzene rings is 1. The van der Waals surface area contributed by atoms with Gasteiger partial charge < -0.3 is 15.4 Å². The van der Waals surface area contributed by atoms with Crippen LogP contribution in [0.1, 0.15) is 27.9 Å². The van der Waals surface area contributed by atoms with Crippen LogP contribution in [0.15, 0.2) is 35.5 Å². The molecule has 9 heteroatoms. The van der Waals surface area contributed by atoms with E-state index < -0.39 is 12.8 Å². The molecule has 0 spiro atoms. The first kappa shape index (κ1) is 22.2. The molecule has 0 bridgehead atoms. The molecule has 1 aromatic heterocycles. The molecule has 2 N–H and O–H groups in total. The van der Waals surface area contributed by atoms with Crippen LogP contribution in [0.25, 0.3) is 0 Å². The van der Waals surface area contributed by atoms with Crippen LogP contribution in [0, 0.1) is 6.92 Å². The molecule has 0 amide bonds. The van der Waals surface area contributed by atoms with E-state index in [1.807, 2.05) is 32.2 Å². The number of aryl methyl sites for hydroxylation is 1. The standard InChI is InChI=1S/C19H25F3N4OS/c1-3-23-18(24-9-8-17-25-10-14(2)28-17)26-11-15-4-6-16(7-5-15)12-27-13-19(20,21)22/h4-7,10H,3,8-9,11-13H2,1-2H3,(H2,23,24,26). The molecule has 0 atom stereocenters. The van der Waals surface area contributed by atoms with E-state index in [0.717, 1.165) is 30.1 Å². The largest absolute Gasteiger partial charge is 0.411 e. The Balaban J connectivity index is 1.80. The Bertz CT molecular complexity index is 744. The summed E-state index contributed by atoms with van der Waals surface area (Å²) in [5.41, 5.74) is 1.66. The Morgan fingerprint density at radius 2 is 1.89 bits per heavy atom. The van der Waals surface area contributed by atoms with Crippen LogP contribution in [-0.2, 0) is 24.3 Å². The zero-order chi connectivity index (χ0) is 20.4. The number of guanidine groups is 1. The summed E-state index contributed by atoms with van der Waals surface area (Å²) in [7, 11) is 0. The average Bonchev–Trinajstić information content (AvgIpc) is 3.05. The maximum Gasteiger partial charge on any atom is 0.411 e. The SMILES string of the molecule is CCNC(=NCc1ccc(COCC(F)(F)F)cc1)NCCc1ncc(C)s1. The summed E-state index contributed by atoms with van der Waals surface area (Å²) in [5, 5.41) is 7.56. The van der Waals surface area contributed by atoms with Gasteiger partial charge in [-0.15, -0.1) is 11.3 Å².